The second kappa shape index (κ2) is 9.65. The van der Waals surface area contributed by atoms with Crippen LogP contribution in [0.15, 0.2) is 24.3 Å². The van der Waals surface area contributed by atoms with Gasteiger partial charge in [-0.25, -0.2) is 0 Å². The van der Waals surface area contributed by atoms with Crippen LogP contribution in [-0.4, -0.2) is 19.1 Å². The fourth-order valence-corrected chi connectivity index (χ4v) is 2.06. The van der Waals surface area contributed by atoms with Crippen LogP contribution in [0.25, 0.3) is 0 Å². The van der Waals surface area contributed by atoms with E-state index in [-0.39, 0.29) is 12.5 Å². The first-order valence-corrected chi connectivity index (χ1v) is 7.68. The Bertz CT molecular complexity index is 392. The minimum absolute atomic E-state index is 0.0475. The quantitative estimate of drug-likeness (QED) is 0.747. The summed E-state index contributed by atoms with van der Waals surface area (Å²) in [6.45, 7) is 5.13. The summed E-state index contributed by atoms with van der Waals surface area (Å²) in [6.07, 6.45) is 4.68. The number of carbonyl (C=O) groups is 1. The average Bonchev–Trinajstić information content (AvgIpc) is 2.47. The van der Waals surface area contributed by atoms with Crippen LogP contribution in [0.4, 0.5) is 0 Å². The second-order valence-corrected chi connectivity index (χ2v) is 5.40. The van der Waals surface area contributed by atoms with Crippen molar-refractivity contribution < 1.29 is 9.53 Å². The van der Waals surface area contributed by atoms with Gasteiger partial charge in [0.1, 0.15) is 5.75 Å². The Hall–Kier alpha value is -1.22. The molecular formula is C16H24ClNO2. The van der Waals surface area contributed by atoms with Gasteiger partial charge >= 0.3 is 0 Å². The molecule has 0 saturated carbocycles. The highest BCUT2D eigenvalue weighted by Gasteiger charge is 2.08. The first-order chi connectivity index (χ1) is 9.65. The van der Waals surface area contributed by atoms with Crippen LogP contribution < -0.4 is 10.1 Å². The minimum Gasteiger partial charge on any atom is -0.484 e. The van der Waals surface area contributed by atoms with E-state index in [0.717, 1.165) is 13.0 Å². The van der Waals surface area contributed by atoms with Crippen LogP contribution in [-0.2, 0) is 4.79 Å². The second-order valence-electron chi connectivity index (χ2n) is 4.96. The molecule has 0 spiro atoms. The average molecular weight is 298 g/mol. The van der Waals surface area contributed by atoms with E-state index in [9.17, 15) is 4.79 Å². The van der Waals surface area contributed by atoms with Crippen molar-refractivity contribution in [1.82, 2.24) is 5.32 Å². The van der Waals surface area contributed by atoms with Crippen LogP contribution in [0.1, 0.15) is 39.5 Å². The van der Waals surface area contributed by atoms with Gasteiger partial charge in [0.05, 0.1) is 0 Å². The van der Waals surface area contributed by atoms with E-state index in [1.807, 2.05) is 0 Å². The molecule has 20 heavy (non-hydrogen) atoms. The first-order valence-electron chi connectivity index (χ1n) is 7.30. The predicted molar refractivity (Wildman–Crippen MR) is 83.3 cm³/mol. The van der Waals surface area contributed by atoms with Crippen LogP contribution >= 0.6 is 11.6 Å². The summed E-state index contributed by atoms with van der Waals surface area (Å²) < 4.78 is 5.40. The van der Waals surface area contributed by atoms with E-state index in [2.05, 4.69) is 19.2 Å². The van der Waals surface area contributed by atoms with Gasteiger partial charge in [-0.1, -0.05) is 44.7 Å². The number of hydrogen-bond donors (Lipinski definition) is 1. The van der Waals surface area contributed by atoms with Gasteiger partial charge < -0.3 is 10.1 Å². The molecule has 0 heterocycles. The molecule has 1 N–H and O–H groups in total. The molecule has 1 atom stereocenters. The lowest BCUT2D eigenvalue weighted by Crippen LogP contribution is -2.33. The Balaban J connectivity index is 2.24. The molecule has 0 saturated heterocycles. The maximum Gasteiger partial charge on any atom is 0.257 e. The van der Waals surface area contributed by atoms with Gasteiger partial charge in [0, 0.05) is 11.6 Å². The highest BCUT2D eigenvalue weighted by Crippen LogP contribution is 2.15. The highest BCUT2D eigenvalue weighted by atomic mass is 35.5. The fraction of sp³-hybridized carbons (Fsp3) is 0.562. The number of carbonyl (C=O) groups excluding carboxylic acids is 1. The molecule has 1 rings (SSSR count). The Morgan fingerprint density at radius 2 is 2.00 bits per heavy atom. The third kappa shape index (κ3) is 6.80. The molecule has 0 aliphatic heterocycles. The van der Waals surface area contributed by atoms with Crippen molar-refractivity contribution >= 4 is 17.5 Å². The van der Waals surface area contributed by atoms with E-state index < -0.39 is 0 Å². The number of unbranched alkanes of at least 4 members (excludes halogenated alkanes) is 1. The van der Waals surface area contributed by atoms with Crippen LogP contribution in [0.5, 0.6) is 5.75 Å². The van der Waals surface area contributed by atoms with E-state index in [1.54, 1.807) is 24.3 Å². The van der Waals surface area contributed by atoms with Gasteiger partial charge in [-0.3, -0.25) is 4.79 Å². The first kappa shape index (κ1) is 16.8. The number of hydrogen-bond acceptors (Lipinski definition) is 2. The fourth-order valence-electron chi connectivity index (χ4n) is 1.93. The standard InChI is InChI=1S/C16H24ClNO2/c1-3-5-6-13(4-2)11-18-16(19)12-20-15-9-7-14(17)8-10-15/h7-10,13H,3-6,11-12H2,1-2H3,(H,18,19). The molecule has 1 amide bonds. The Labute approximate surface area is 126 Å². The van der Waals surface area contributed by atoms with E-state index >= 15 is 0 Å². The van der Waals surface area contributed by atoms with Crippen molar-refractivity contribution in [2.24, 2.45) is 5.92 Å². The normalized spacial score (nSPS) is 11.9. The number of halogens is 1. The molecule has 1 unspecified atom stereocenters. The van der Waals surface area contributed by atoms with Gasteiger partial charge in [-0.2, -0.15) is 0 Å². The molecule has 0 aromatic heterocycles. The summed E-state index contributed by atoms with van der Waals surface area (Å²) in [5, 5.41) is 3.59. The zero-order chi connectivity index (χ0) is 14.8. The van der Waals surface area contributed by atoms with Gasteiger partial charge in [-0.05, 0) is 36.6 Å². The van der Waals surface area contributed by atoms with Crippen molar-refractivity contribution in [2.45, 2.75) is 39.5 Å². The molecule has 1 aromatic rings. The largest absolute Gasteiger partial charge is 0.484 e. The lowest BCUT2D eigenvalue weighted by Gasteiger charge is -2.15. The lowest BCUT2D eigenvalue weighted by atomic mass is 9.99. The third-order valence-electron chi connectivity index (χ3n) is 3.31. The maximum atomic E-state index is 11.7. The summed E-state index contributed by atoms with van der Waals surface area (Å²) >= 11 is 5.78. The molecule has 112 valence electrons. The number of amides is 1. The molecule has 0 radical (unpaired) electrons. The third-order valence-corrected chi connectivity index (χ3v) is 3.57. The molecule has 0 aliphatic carbocycles. The summed E-state index contributed by atoms with van der Waals surface area (Å²) in [6, 6.07) is 7.00. The lowest BCUT2D eigenvalue weighted by molar-refractivity contribution is -0.123. The van der Waals surface area contributed by atoms with Crippen molar-refractivity contribution in [2.75, 3.05) is 13.2 Å². The van der Waals surface area contributed by atoms with Gasteiger partial charge in [0.2, 0.25) is 0 Å². The van der Waals surface area contributed by atoms with Crippen LogP contribution in [0.3, 0.4) is 0 Å². The predicted octanol–water partition coefficient (Wildman–Crippen LogP) is 4.05. The SMILES string of the molecule is CCCCC(CC)CNC(=O)COc1ccc(Cl)cc1. The molecule has 0 bridgehead atoms. The van der Waals surface area contributed by atoms with Crippen molar-refractivity contribution in [3.63, 3.8) is 0 Å². The highest BCUT2D eigenvalue weighted by molar-refractivity contribution is 6.30. The topological polar surface area (TPSA) is 38.3 Å². The van der Waals surface area contributed by atoms with Gasteiger partial charge in [0.15, 0.2) is 6.61 Å². The van der Waals surface area contributed by atoms with E-state index in [4.69, 9.17) is 16.3 Å². The Kier molecular flexibility index (Phi) is 8.12. The molecule has 4 heteroatoms. The maximum absolute atomic E-state index is 11.7. The van der Waals surface area contributed by atoms with E-state index in [1.165, 1.54) is 19.3 Å². The Morgan fingerprint density at radius 3 is 2.60 bits per heavy atom. The number of ether oxygens (including phenoxy) is 1. The monoisotopic (exact) mass is 297 g/mol. The van der Waals surface area contributed by atoms with Gasteiger partial charge in [0.25, 0.3) is 5.91 Å². The smallest absolute Gasteiger partial charge is 0.257 e. The molecule has 1 aromatic carbocycles. The molecule has 0 fully saturated rings. The minimum atomic E-state index is -0.0742. The molecular weight excluding hydrogens is 274 g/mol. The van der Waals surface area contributed by atoms with Crippen molar-refractivity contribution in [3.05, 3.63) is 29.3 Å². The summed E-state index contributed by atoms with van der Waals surface area (Å²) in [4.78, 5) is 11.7. The molecule has 0 aliphatic rings. The Morgan fingerprint density at radius 1 is 1.30 bits per heavy atom. The summed E-state index contributed by atoms with van der Waals surface area (Å²) in [5.41, 5.74) is 0. The van der Waals surface area contributed by atoms with Crippen LogP contribution in [0.2, 0.25) is 5.02 Å². The van der Waals surface area contributed by atoms with Crippen LogP contribution in [0, 0.1) is 5.92 Å². The number of benzene rings is 1. The number of rotatable bonds is 9. The zero-order valence-electron chi connectivity index (χ0n) is 12.3. The van der Waals surface area contributed by atoms with Crippen molar-refractivity contribution in [3.8, 4) is 5.75 Å². The van der Waals surface area contributed by atoms with E-state index in [0.29, 0.717) is 16.7 Å². The summed E-state index contributed by atoms with van der Waals surface area (Å²) in [5.74, 6) is 1.15. The summed E-state index contributed by atoms with van der Waals surface area (Å²) in [7, 11) is 0. The molecule has 3 nitrogen and oxygen atoms in total. The number of nitrogens with one attached hydrogen (secondary N) is 1. The van der Waals surface area contributed by atoms with Crippen molar-refractivity contribution in [1.29, 1.82) is 0 Å². The zero-order valence-corrected chi connectivity index (χ0v) is 13.1. The van der Waals surface area contributed by atoms with Gasteiger partial charge in [-0.15, -0.1) is 0 Å².